The molecule has 0 radical (unpaired) electrons. The maximum Gasteiger partial charge on any atom is 0.257 e. The SMILES string of the molecule is COCCCCCNS(=O)(=O)c1[nH]ncc1CN. The normalized spacial score (nSPS) is 11.9. The van der Waals surface area contributed by atoms with Crippen molar-refractivity contribution in [3.05, 3.63) is 11.8 Å². The van der Waals surface area contributed by atoms with Crippen molar-refractivity contribution >= 4 is 10.0 Å². The summed E-state index contributed by atoms with van der Waals surface area (Å²) in [6.45, 7) is 1.24. The molecule has 0 fully saturated rings. The van der Waals surface area contributed by atoms with Gasteiger partial charge >= 0.3 is 0 Å². The Morgan fingerprint density at radius 3 is 2.89 bits per heavy atom. The lowest BCUT2D eigenvalue weighted by Gasteiger charge is -2.06. The molecule has 0 saturated heterocycles. The highest BCUT2D eigenvalue weighted by molar-refractivity contribution is 7.89. The molecule has 0 amide bonds. The minimum atomic E-state index is -3.53. The first-order chi connectivity index (χ1) is 8.61. The number of unbranched alkanes of at least 4 members (excludes halogenated alkanes) is 2. The molecule has 1 rings (SSSR count). The summed E-state index contributed by atoms with van der Waals surface area (Å²) in [4.78, 5) is 0. The van der Waals surface area contributed by atoms with E-state index >= 15 is 0 Å². The standard InChI is InChI=1S/C10H20N4O3S/c1-17-6-4-2-3-5-13-18(15,16)10-9(7-11)8-12-14-10/h8,13H,2-7,11H2,1H3,(H,12,14). The van der Waals surface area contributed by atoms with Crippen molar-refractivity contribution in [2.75, 3.05) is 20.3 Å². The van der Waals surface area contributed by atoms with E-state index in [1.807, 2.05) is 0 Å². The average molecular weight is 276 g/mol. The Bertz CT molecular complexity index is 444. The van der Waals surface area contributed by atoms with Gasteiger partial charge in [-0.05, 0) is 19.3 Å². The highest BCUT2D eigenvalue weighted by Crippen LogP contribution is 2.10. The minimum absolute atomic E-state index is 0.0573. The van der Waals surface area contributed by atoms with Crippen molar-refractivity contribution in [3.63, 3.8) is 0 Å². The van der Waals surface area contributed by atoms with Crippen molar-refractivity contribution in [2.24, 2.45) is 5.73 Å². The first kappa shape index (κ1) is 15.1. The summed E-state index contributed by atoms with van der Waals surface area (Å²) in [6.07, 6.45) is 4.04. The zero-order valence-electron chi connectivity index (χ0n) is 10.5. The van der Waals surface area contributed by atoms with Gasteiger partial charge in [-0.25, -0.2) is 13.1 Å². The molecule has 104 valence electrons. The van der Waals surface area contributed by atoms with Crippen LogP contribution in [0.1, 0.15) is 24.8 Å². The molecule has 1 aromatic rings. The van der Waals surface area contributed by atoms with E-state index in [0.717, 1.165) is 19.3 Å². The predicted molar refractivity (Wildman–Crippen MR) is 67.4 cm³/mol. The van der Waals surface area contributed by atoms with Gasteiger partial charge in [-0.3, -0.25) is 5.10 Å². The number of H-pyrrole nitrogens is 1. The van der Waals surface area contributed by atoms with E-state index in [4.69, 9.17) is 10.5 Å². The smallest absolute Gasteiger partial charge is 0.257 e. The summed E-state index contributed by atoms with van der Waals surface area (Å²) in [5.41, 5.74) is 5.92. The second kappa shape index (κ2) is 7.47. The molecule has 7 nitrogen and oxygen atoms in total. The number of rotatable bonds is 9. The van der Waals surface area contributed by atoms with Crippen molar-refractivity contribution in [1.82, 2.24) is 14.9 Å². The van der Waals surface area contributed by atoms with Crippen LogP contribution in [0.25, 0.3) is 0 Å². The maximum atomic E-state index is 11.9. The van der Waals surface area contributed by atoms with Crippen molar-refractivity contribution < 1.29 is 13.2 Å². The second-order valence-electron chi connectivity index (χ2n) is 3.88. The van der Waals surface area contributed by atoms with Crippen LogP contribution < -0.4 is 10.5 Å². The third kappa shape index (κ3) is 4.37. The molecule has 4 N–H and O–H groups in total. The van der Waals surface area contributed by atoms with Crippen LogP contribution >= 0.6 is 0 Å². The molecule has 1 heterocycles. The summed E-state index contributed by atoms with van der Waals surface area (Å²) >= 11 is 0. The number of aromatic nitrogens is 2. The van der Waals surface area contributed by atoms with Crippen LogP contribution in [0.5, 0.6) is 0 Å². The average Bonchev–Trinajstić information content (AvgIpc) is 2.82. The maximum absolute atomic E-state index is 11.9. The number of ether oxygens (including phenoxy) is 1. The molecule has 0 spiro atoms. The number of methoxy groups -OCH3 is 1. The van der Waals surface area contributed by atoms with Crippen molar-refractivity contribution in [2.45, 2.75) is 30.8 Å². The summed E-state index contributed by atoms with van der Waals surface area (Å²) in [6, 6.07) is 0. The van der Waals surface area contributed by atoms with Crippen LogP contribution in [0.4, 0.5) is 0 Å². The fourth-order valence-electron chi connectivity index (χ4n) is 1.50. The van der Waals surface area contributed by atoms with E-state index in [-0.39, 0.29) is 11.6 Å². The lowest BCUT2D eigenvalue weighted by atomic mass is 10.2. The van der Waals surface area contributed by atoms with Crippen molar-refractivity contribution in [1.29, 1.82) is 0 Å². The Hall–Kier alpha value is -0.960. The monoisotopic (exact) mass is 276 g/mol. The van der Waals surface area contributed by atoms with Crippen LogP contribution in [-0.2, 0) is 21.3 Å². The van der Waals surface area contributed by atoms with Crippen molar-refractivity contribution in [3.8, 4) is 0 Å². The number of nitrogens with two attached hydrogens (primary N) is 1. The number of hydrogen-bond acceptors (Lipinski definition) is 5. The van der Waals surface area contributed by atoms with Gasteiger partial charge in [0.2, 0.25) is 0 Å². The van der Waals surface area contributed by atoms with Gasteiger partial charge in [0.25, 0.3) is 10.0 Å². The minimum Gasteiger partial charge on any atom is -0.385 e. The lowest BCUT2D eigenvalue weighted by Crippen LogP contribution is -2.26. The molecular weight excluding hydrogens is 256 g/mol. The Balaban J connectivity index is 2.41. The molecule has 18 heavy (non-hydrogen) atoms. The fraction of sp³-hybridized carbons (Fsp3) is 0.700. The number of sulfonamides is 1. The van der Waals surface area contributed by atoms with E-state index in [9.17, 15) is 8.42 Å². The Kier molecular flexibility index (Phi) is 6.27. The lowest BCUT2D eigenvalue weighted by molar-refractivity contribution is 0.192. The molecular formula is C10H20N4O3S. The number of aromatic amines is 1. The predicted octanol–water partition coefficient (Wildman–Crippen LogP) is -0.0366. The van der Waals surface area contributed by atoms with Crippen LogP contribution in [0, 0.1) is 0 Å². The van der Waals surface area contributed by atoms with Crippen LogP contribution in [0.3, 0.4) is 0 Å². The zero-order chi connectivity index (χ0) is 13.4. The Labute approximate surface area is 107 Å². The summed E-state index contributed by atoms with van der Waals surface area (Å²) in [7, 11) is -1.88. The van der Waals surface area contributed by atoms with Gasteiger partial charge in [0.05, 0.1) is 6.20 Å². The van der Waals surface area contributed by atoms with Gasteiger partial charge in [0, 0.05) is 32.4 Å². The van der Waals surface area contributed by atoms with Gasteiger partial charge in [0.1, 0.15) is 0 Å². The second-order valence-corrected chi connectivity index (χ2v) is 5.58. The molecule has 0 unspecified atom stereocenters. The molecule has 1 aromatic heterocycles. The number of nitrogens with one attached hydrogen (secondary N) is 2. The first-order valence-corrected chi connectivity index (χ1v) is 7.31. The molecule has 0 aliphatic heterocycles. The van der Waals surface area contributed by atoms with E-state index in [1.165, 1.54) is 6.20 Å². The zero-order valence-corrected chi connectivity index (χ0v) is 11.3. The molecule has 8 heteroatoms. The first-order valence-electron chi connectivity index (χ1n) is 5.82. The summed E-state index contributed by atoms with van der Waals surface area (Å²) < 4.78 is 31.2. The molecule has 0 aromatic carbocycles. The molecule has 0 aliphatic rings. The van der Waals surface area contributed by atoms with Gasteiger partial charge in [0.15, 0.2) is 5.03 Å². The highest BCUT2D eigenvalue weighted by Gasteiger charge is 2.19. The quantitative estimate of drug-likeness (QED) is 0.548. The van der Waals surface area contributed by atoms with E-state index in [2.05, 4.69) is 14.9 Å². The van der Waals surface area contributed by atoms with Gasteiger partial charge in [-0.15, -0.1) is 0 Å². The summed E-state index contributed by atoms with van der Waals surface area (Å²) in [5, 5.41) is 6.20. The fourth-order valence-corrected chi connectivity index (χ4v) is 2.72. The Morgan fingerprint density at radius 1 is 1.44 bits per heavy atom. The third-order valence-electron chi connectivity index (χ3n) is 2.48. The number of nitrogens with zero attached hydrogens (tertiary/aromatic N) is 1. The van der Waals surface area contributed by atoms with Gasteiger partial charge < -0.3 is 10.5 Å². The highest BCUT2D eigenvalue weighted by atomic mass is 32.2. The Morgan fingerprint density at radius 2 is 2.22 bits per heavy atom. The van der Waals surface area contributed by atoms with E-state index in [1.54, 1.807) is 7.11 Å². The van der Waals surface area contributed by atoms with E-state index < -0.39 is 10.0 Å². The molecule has 0 aliphatic carbocycles. The topological polar surface area (TPSA) is 110 Å². The van der Waals surface area contributed by atoms with E-state index in [0.29, 0.717) is 18.7 Å². The molecule has 0 bridgehead atoms. The van der Waals surface area contributed by atoms with Gasteiger partial charge in [-0.1, -0.05) is 0 Å². The van der Waals surface area contributed by atoms with Crippen LogP contribution in [0.2, 0.25) is 0 Å². The number of hydrogen-bond donors (Lipinski definition) is 3. The molecule has 0 saturated carbocycles. The van der Waals surface area contributed by atoms with Crippen LogP contribution in [-0.4, -0.2) is 38.9 Å². The molecule has 0 atom stereocenters. The van der Waals surface area contributed by atoms with Crippen LogP contribution in [0.15, 0.2) is 11.2 Å². The van der Waals surface area contributed by atoms with Gasteiger partial charge in [-0.2, -0.15) is 5.10 Å². The third-order valence-corrected chi connectivity index (χ3v) is 3.96. The summed E-state index contributed by atoms with van der Waals surface area (Å²) in [5.74, 6) is 0. The largest absolute Gasteiger partial charge is 0.385 e.